The summed E-state index contributed by atoms with van der Waals surface area (Å²) in [5.41, 5.74) is 4.73. The molecule has 0 saturated heterocycles. The first-order valence-electron chi connectivity index (χ1n) is 11.4. The van der Waals surface area contributed by atoms with Crippen molar-refractivity contribution in [3.63, 3.8) is 0 Å². The average molecular weight is 549 g/mol. The second-order valence-corrected chi connectivity index (χ2v) is 8.76. The highest BCUT2D eigenvalue weighted by Gasteiger charge is 2.15. The number of hydrogen-bond acceptors (Lipinski definition) is 6. The van der Waals surface area contributed by atoms with Crippen molar-refractivity contribution >= 4 is 41.3 Å². The Bertz CT molecular complexity index is 1460. The van der Waals surface area contributed by atoms with Crippen LogP contribution in [0.15, 0.2) is 96.1 Å². The smallest absolute Gasteiger partial charge is 0.345 e. The van der Waals surface area contributed by atoms with Gasteiger partial charge in [-0.25, -0.2) is 10.2 Å². The van der Waals surface area contributed by atoms with Gasteiger partial charge in [0, 0.05) is 10.6 Å². The summed E-state index contributed by atoms with van der Waals surface area (Å²) < 4.78 is 16.5. The molecule has 0 spiro atoms. The molecule has 0 aliphatic carbocycles. The van der Waals surface area contributed by atoms with Gasteiger partial charge in [0.1, 0.15) is 12.4 Å². The van der Waals surface area contributed by atoms with Crippen LogP contribution in [0.25, 0.3) is 0 Å². The summed E-state index contributed by atoms with van der Waals surface area (Å²) in [6.45, 7) is 0.383. The second kappa shape index (κ2) is 12.8. The number of benzene rings is 4. The van der Waals surface area contributed by atoms with Crippen LogP contribution in [0, 0.1) is 0 Å². The molecular weight excluding hydrogens is 527 g/mol. The molecule has 0 atom stereocenters. The van der Waals surface area contributed by atoms with E-state index < -0.39 is 5.97 Å². The van der Waals surface area contributed by atoms with Crippen LogP contribution in [0.2, 0.25) is 10.0 Å². The number of nitrogens with one attached hydrogen (secondary N) is 1. The summed E-state index contributed by atoms with van der Waals surface area (Å²) in [5, 5.41) is 4.95. The van der Waals surface area contributed by atoms with Crippen LogP contribution in [0.3, 0.4) is 0 Å². The predicted molar refractivity (Wildman–Crippen MR) is 147 cm³/mol. The zero-order chi connectivity index (χ0) is 26.9. The number of hydrogen-bond donors (Lipinski definition) is 1. The molecule has 0 bridgehead atoms. The van der Waals surface area contributed by atoms with Gasteiger partial charge in [0.15, 0.2) is 11.5 Å². The Kier molecular flexibility index (Phi) is 8.98. The number of amides is 1. The van der Waals surface area contributed by atoms with E-state index in [1.807, 2.05) is 12.1 Å². The fourth-order valence-corrected chi connectivity index (χ4v) is 3.65. The van der Waals surface area contributed by atoms with Crippen LogP contribution in [-0.4, -0.2) is 25.2 Å². The lowest BCUT2D eigenvalue weighted by Crippen LogP contribution is -2.17. The van der Waals surface area contributed by atoms with Crippen molar-refractivity contribution in [1.29, 1.82) is 0 Å². The summed E-state index contributed by atoms with van der Waals surface area (Å²) in [5.74, 6) is 0.168. The van der Waals surface area contributed by atoms with Gasteiger partial charge in [-0.05, 0) is 77.9 Å². The van der Waals surface area contributed by atoms with Crippen LogP contribution >= 0.6 is 23.2 Å². The third-order valence-corrected chi connectivity index (χ3v) is 5.88. The molecule has 0 fully saturated rings. The van der Waals surface area contributed by atoms with Gasteiger partial charge in [-0.15, -0.1) is 0 Å². The topological polar surface area (TPSA) is 86.2 Å². The lowest BCUT2D eigenvalue weighted by Gasteiger charge is -2.10. The van der Waals surface area contributed by atoms with Crippen LogP contribution in [0.4, 0.5) is 0 Å². The second-order valence-electron chi connectivity index (χ2n) is 7.92. The van der Waals surface area contributed by atoms with E-state index in [2.05, 4.69) is 10.5 Å². The number of carbonyl (C=O) groups is 2. The van der Waals surface area contributed by atoms with Crippen molar-refractivity contribution in [3.05, 3.63) is 123 Å². The number of halogens is 2. The molecule has 4 rings (SSSR count). The quantitative estimate of drug-likeness (QED) is 0.111. The average Bonchev–Trinajstić information content (AvgIpc) is 2.94. The summed E-state index contributed by atoms with van der Waals surface area (Å²) >= 11 is 12.0. The first-order valence-corrected chi connectivity index (χ1v) is 12.1. The molecule has 7 nitrogen and oxygen atoms in total. The number of nitrogens with zero attached hydrogens (tertiary/aromatic N) is 1. The van der Waals surface area contributed by atoms with Crippen LogP contribution in [0.5, 0.6) is 17.2 Å². The van der Waals surface area contributed by atoms with Crippen LogP contribution in [-0.2, 0) is 6.61 Å². The molecule has 0 aliphatic rings. The monoisotopic (exact) mass is 548 g/mol. The minimum Gasteiger partial charge on any atom is -0.493 e. The van der Waals surface area contributed by atoms with Crippen LogP contribution < -0.4 is 19.6 Å². The first-order chi connectivity index (χ1) is 18.4. The van der Waals surface area contributed by atoms with Gasteiger partial charge in [0.2, 0.25) is 0 Å². The van der Waals surface area contributed by atoms with Gasteiger partial charge in [0.25, 0.3) is 5.91 Å². The number of hydrazone groups is 1. The molecule has 0 heterocycles. The fourth-order valence-electron chi connectivity index (χ4n) is 3.31. The Hall–Kier alpha value is -4.33. The Labute approximate surface area is 229 Å². The van der Waals surface area contributed by atoms with E-state index in [9.17, 15) is 9.59 Å². The lowest BCUT2D eigenvalue weighted by molar-refractivity contribution is 0.0729. The van der Waals surface area contributed by atoms with E-state index in [4.69, 9.17) is 37.4 Å². The molecule has 4 aromatic carbocycles. The maximum atomic E-state index is 12.5. The molecule has 38 heavy (non-hydrogen) atoms. The standard InChI is InChI=1S/C29H22Cl2N2O5/c1-36-27-16-20(8-15-26(27)38-29(35)24-4-2-3-5-25(24)31)17-32-33-28(34)21-9-13-23(14-10-21)37-18-19-6-11-22(30)12-7-19/h2-17H,18H2,1H3,(H,33,34)/b32-17-. The molecule has 1 amide bonds. The number of methoxy groups -OCH3 is 1. The van der Waals surface area contributed by atoms with Crippen LogP contribution in [0.1, 0.15) is 31.8 Å². The molecular formula is C29H22Cl2N2O5. The van der Waals surface area contributed by atoms with Gasteiger partial charge in [0.05, 0.1) is 23.9 Å². The zero-order valence-electron chi connectivity index (χ0n) is 20.2. The zero-order valence-corrected chi connectivity index (χ0v) is 21.7. The van der Waals surface area contributed by atoms with Crippen molar-refractivity contribution in [2.75, 3.05) is 7.11 Å². The summed E-state index contributed by atoms with van der Waals surface area (Å²) in [6, 6.07) is 25.5. The summed E-state index contributed by atoms with van der Waals surface area (Å²) in [7, 11) is 1.45. The first kappa shape index (κ1) is 26.7. The molecule has 0 unspecified atom stereocenters. The Morgan fingerprint density at radius 3 is 2.34 bits per heavy atom. The maximum Gasteiger partial charge on any atom is 0.345 e. The maximum absolute atomic E-state index is 12.5. The van der Waals surface area contributed by atoms with Gasteiger partial charge >= 0.3 is 5.97 Å². The highest BCUT2D eigenvalue weighted by atomic mass is 35.5. The number of carbonyl (C=O) groups excluding carboxylic acids is 2. The van der Waals surface area contributed by atoms with E-state index >= 15 is 0 Å². The van der Waals surface area contributed by atoms with Gasteiger partial charge in [-0.2, -0.15) is 5.10 Å². The molecule has 4 aromatic rings. The van der Waals surface area contributed by atoms with E-state index in [0.717, 1.165) is 5.56 Å². The normalized spacial score (nSPS) is 10.7. The SMILES string of the molecule is COc1cc(/C=N\NC(=O)c2ccc(OCc3ccc(Cl)cc3)cc2)ccc1OC(=O)c1ccccc1Cl. The summed E-state index contributed by atoms with van der Waals surface area (Å²) in [6.07, 6.45) is 1.45. The molecule has 192 valence electrons. The van der Waals surface area contributed by atoms with E-state index in [-0.39, 0.29) is 22.2 Å². The molecule has 0 radical (unpaired) electrons. The van der Waals surface area contributed by atoms with Gasteiger partial charge in [-0.1, -0.05) is 47.5 Å². The van der Waals surface area contributed by atoms with Crippen molar-refractivity contribution in [2.24, 2.45) is 5.10 Å². The molecule has 9 heteroatoms. The molecule has 1 N–H and O–H groups in total. The predicted octanol–water partition coefficient (Wildman–Crippen LogP) is 6.56. The minimum atomic E-state index is -0.607. The largest absolute Gasteiger partial charge is 0.493 e. The molecule has 0 saturated carbocycles. The lowest BCUT2D eigenvalue weighted by atomic mass is 10.2. The minimum absolute atomic E-state index is 0.219. The Morgan fingerprint density at radius 1 is 0.895 bits per heavy atom. The van der Waals surface area contributed by atoms with Gasteiger partial charge < -0.3 is 14.2 Å². The number of esters is 1. The number of rotatable bonds is 9. The Morgan fingerprint density at radius 2 is 1.63 bits per heavy atom. The van der Waals surface area contributed by atoms with Crippen molar-refractivity contribution in [1.82, 2.24) is 5.43 Å². The number of ether oxygens (including phenoxy) is 3. The molecule has 0 aromatic heterocycles. The highest BCUT2D eigenvalue weighted by molar-refractivity contribution is 6.33. The summed E-state index contributed by atoms with van der Waals surface area (Å²) in [4.78, 5) is 24.9. The van der Waals surface area contributed by atoms with Gasteiger partial charge in [-0.3, -0.25) is 4.79 Å². The Balaban J connectivity index is 1.32. The third kappa shape index (κ3) is 7.12. The van der Waals surface area contributed by atoms with Crippen molar-refractivity contribution < 1.29 is 23.8 Å². The van der Waals surface area contributed by atoms with Crippen molar-refractivity contribution in [3.8, 4) is 17.2 Å². The van der Waals surface area contributed by atoms with E-state index in [1.165, 1.54) is 13.3 Å². The van der Waals surface area contributed by atoms with E-state index in [1.54, 1.807) is 78.9 Å². The fraction of sp³-hybridized carbons (Fsp3) is 0.0690. The molecule has 0 aliphatic heterocycles. The highest BCUT2D eigenvalue weighted by Crippen LogP contribution is 2.29. The van der Waals surface area contributed by atoms with Crippen molar-refractivity contribution in [2.45, 2.75) is 6.61 Å². The van der Waals surface area contributed by atoms with E-state index in [0.29, 0.717) is 34.3 Å². The third-order valence-electron chi connectivity index (χ3n) is 5.30.